The van der Waals surface area contributed by atoms with Crippen molar-refractivity contribution in [2.24, 2.45) is 46.7 Å². The number of hydrogen-bond donors (Lipinski definition) is 2. The second kappa shape index (κ2) is 7.04. The fourth-order valence-electron chi connectivity index (χ4n) is 8.39. The average Bonchev–Trinajstić information content (AvgIpc) is 2.98. The summed E-state index contributed by atoms with van der Waals surface area (Å²) in [7, 11) is 1.72. The molecular weight excluding hydrogens is 322 g/mol. The third kappa shape index (κ3) is 2.97. The van der Waals surface area contributed by atoms with E-state index in [1.165, 1.54) is 44.9 Å². The van der Waals surface area contributed by atoms with Gasteiger partial charge in [0.2, 0.25) is 0 Å². The topological polar surface area (TPSA) is 55.5 Å². The maximum absolute atomic E-state index is 10.9. The van der Waals surface area contributed by atoms with Crippen LogP contribution in [0.4, 0.5) is 0 Å². The summed E-state index contributed by atoms with van der Waals surface area (Å²) in [4.78, 5) is 0. The summed E-state index contributed by atoms with van der Waals surface area (Å²) in [6.45, 7) is 5.37. The second-order valence-corrected chi connectivity index (χ2v) is 10.6. The Morgan fingerprint density at radius 3 is 2.54 bits per heavy atom. The van der Waals surface area contributed by atoms with Crippen LogP contribution >= 0.6 is 0 Å². The van der Waals surface area contributed by atoms with E-state index >= 15 is 0 Å². The van der Waals surface area contributed by atoms with E-state index in [4.69, 9.17) is 10.5 Å². The molecule has 4 aliphatic rings. The molecule has 0 bridgehead atoms. The van der Waals surface area contributed by atoms with Crippen molar-refractivity contribution in [3.8, 4) is 0 Å². The molecule has 0 aromatic heterocycles. The molecule has 26 heavy (non-hydrogen) atoms. The van der Waals surface area contributed by atoms with E-state index in [1.54, 1.807) is 7.11 Å². The van der Waals surface area contributed by atoms with Crippen molar-refractivity contribution in [2.45, 2.75) is 89.7 Å². The predicted octanol–water partition coefficient (Wildman–Crippen LogP) is 4.37. The molecule has 9 atom stereocenters. The van der Waals surface area contributed by atoms with Crippen molar-refractivity contribution in [3.63, 3.8) is 0 Å². The van der Waals surface area contributed by atoms with Gasteiger partial charge in [0, 0.05) is 13.2 Å². The summed E-state index contributed by atoms with van der Waals surface area (Å²) in [6.07, 6.45) is 12.6. The Bertz CT molecular complexity index is 510. The van der Waals surface area contributed by atoms with Gasteiger partial charge in [-0.1, -0.05) is 13.8 Å². The molecule has 4 aliphatic carbocycles. The van der Waals surface area contributed by atoms with Crippen LogP contribution < -0.4 is 5.73 Å². The van der Waals surface area contributed by atoms with Gasteiger partial charge in [-0.25, -0.2) is 0 Å². The van der Waals surface area contributed by atoms with E-state index in [0.29, 0.717) is 18.1 Å². The third-order valence-electron chi connectivity index (χ3n) is 9.58. The fourth-order valence-corrected chi connectivity index (χ4v) is 8.39. The molecule has 0 unspecified atom stereocenters. The lowest BCUT2D eigenvalue weighted by Gasteiger charge is -2.57. The van der Waals surface area contributed by atoms with Crippen LogP contribution in [0.2, 0.25) is 0 Å². The van der Waals surface area contributed by atoms with Gasteiger partial charge in [0.1, 0.15) is 0 Å². The minimum Gasteiger partial charge on any atom is -0.387 e. The normalized spacial score (nSPS) is 52.0. The summed E-state index contributed by atoms with van der Waals surface area (Å²) in [6, 6.07) is 0.400. The van der Waals surface area contributed by atoms with Crippen LogP contribution in [-0.2, 0) is 4.74 Å². The molecule has 0 aliphatic heterocycles. The third-order valence-corrected chi connectivity index (χ3v) is 9.58. The maximum atomic E-state index is 10.9. The molecule has 150 valence electrons. The van der Waals surface area contributed by atoms with E-state index in [-0.39, 0.29) is 0 Å². The van der Waals surface area contributed by atoms with Crippen LogP contribution in [-0.4, -0.2) is 30.5 Å². The quantitative estimate of drug-likeness (QED) is 0.780. The standard InChI is InChI=1S/C23H41NO2/c1-4-21(24)20-8-7-19-18-6-5-15-13-23(25,14-26-3)12-10-16(15)17(18)9-11-22(19,20)2/h15-21,25H,4-14,24H2,1-3H3/t15-,16+,17-,18-,19+,20-,21+,22+,23-/m1/s1. The van der Waals surface area contributed by atoms with Crippen LogP contribution in [0.25, 0.3) is 0 Å². The van der Waals surface area contributed by atoms with Gasteiger partial charge in [-0.15, -0.1) is 0 Å². The average molecular weight is 364 g/mol. The summed E-state index contributed by atoms with van der Waals surface area (Å²) >= 11 is 0. The van der Waals surface area contributed by atoms with E-state index in [2.05, 4.69) is 13.8 Å². The molecule has 0 spiro atoms. The predicted molar refractivity (Wildman–Crippen MR) is 106 cm³/mol. The number of hydrogen-bond acceptors (Lipinski definition) is 3. The highest BCUT2D eigenvalue weighted by Gasteiger charge is 2.58. The highest BCUT2D eigenvalue weighted by atomic mass is 16.5. The molecule has 0 aromatic rings. The molecular formula is C23H41NO2. The summed E-state index contributed by atoms with van der Waals surface area (Å²) in [5.74, 6) is 5.08. The highest BCUT2D eigenvalue weighted by molar-refractivity contribution is 5.08. The van der Waals surface area contributed by atoms with Gasteiger partial charge < -0.3 is 15.6 Å². The van der Waals surface area contributed by atoms with Gasteiger partial charge in [-0.3, -0.25) is 0 Å². The Morgan fingerprint density at radius 1 is 1.04 bits per heavy atom. The largest absolute Gasteiger partial charge is 0.387 e. The minimum atomic E-state index is -0.557. The highest BCUT2D eigenvalue weighted by Crippen LogP contribution is 2.65. The SMILES string of the molecule is CC[C@H](N)[C@H]1CC[C@H]2[C@@H]3CC[C@@H]4C[C@@](O)(COC)CC[C@@H]4[C@H]3CC[C@]12C. The minimum absolute atomic E-state index is 0.400. The molecule has 3 nitrogen and oxygen atoms in total. The smallest absolute Gasteiger partial charge is 0.0882 e. The molecule has 4 rings (SSSR count). The van der Waals surface area contributed by atoms with Crippen LogP contribution in [0.1, 0.15) is 78.1 Å². The Kier molecular flexibility index (Phi) is 5.20. The lowest BCUT2D eigenvalue weighted by atomic mass is 9.48. The van der Waals surface area contributed by atoms with Gasteiger partial charge in [0.05, 0.1) is 12.2 Å². The Labute approximate surface area is 160 Å². The fraction of sp³-hybridized carbons (Fsp3) is 1.00. The monoisotopic (exact) mass is 363 g/mol. The lowest BCUT2D eigenvalue weighted by molar-refractivity contribution is -0.125. The first-order valence-electron chi connectivity index (χ1n) is 11.4. The van der Waals surface area contributed by atoms with Gasteiger partial charge in [-0.05, 0) is 105 Å². The molecule has 4 saturated carbocycles. The van der Waals surface area contributed by atoms with Crippen molar-refractivity contribution in [1.82, 2.24) is 0 Å². The first kappa shape index (κ1) is 19.2. The van der Waals surface area contributed by atoms with Crippen LogP contribution in [0.5, 0.6) is 0 Å². The van der Waals surface area contributed by atoms with Crippen LogP contribution in [0, 0.1) is 40.9 Å². The number of nitrogens with two attached hydrogens (primary N) is 1. The molecule has 0 amide bonds. The molecule has 3 heteroatoms. The van der Waals surface area contributed by atoms with Gasteiger partial charge >= 0.3 is 0 Å². The van der Waals surface area contributed by atoms with E-state index < -0.39 is 5.60 Å². The zero-order chi connectivity index (χ0) is 18.5. The zero-order valence-electron chi connectivity index (χ0n) is 17.3. The van der Waals surface area contributed by atoms with Crippen molar-refractivity contribution in [2.75, 3.05) is 13.7 Å². The van der Waals surface area contributed by atoms with Crippen molar-refractivity contribution in [1.29, 1.82) is 0 Å². The van der Waals surface area contributed by atoms with Crippen LogP contribution in [0.15, 0.2) is 0 Å². The molecule has 0 aromatic carbocycles. The molecule has 0 radical (unpaired) electrons. The van der Waals surface area contributed by atoms with E-state index in [0.717, 1.165) is 54.8 Å². The number of methoxy groups -OCH3 is 1. The van der Waals surface area contributed by atoms with Gasteiger partial charge in [0.15, 0.2) is 0 Å². The number of ether oxygens (including phenoxy) is 1. The second-order valence-electron chi connectivity index (χ2n) is 10.6. The Hall–Kier alpha value is -0.120. The number of aliphatic hydroxyl groups is 1. The first-order chi connectivity index (χ1) is 12.4. The van der Waals surface area contributed by atoms with E-state index in [1.807, 2.05) is 0 Å². The Morgan fingerprint density at radius 2 is 1.81 bits per heavy atom. The summed E-state index contributed by atoms with van der Waals surface area (Å²) < 4.78 is 5.32. The van der Waals surface area contributed by atoms with Crippen molar-refractivity contribution >= 4 is 0 Å². The van der Waals surface area contributed by atoms with Crippen molar-refractivity contribution in [3.05, 3.63) is 0 Å². The Balaban J connectivity index is 1.49. The van der Waals surface area contributed by atoms with E-state index in [9.17, 15) is 5.11 Å². The summed E-state index contributed by atoms with van der Waals surface area (Å²) in [5, 5.41) is 10.9. The van der Waals surface area contributed by atoms with Crippen molar-refractivity contribution < 1.29 is 9.84 Å². The molecule has 3 N–H and O–H groups in total. The van der Waals surface area contributed by atoms with Gasteiger partial charge in [-0.2, -0.15) is 0 Å². The lowest BCUT2D eigenvalue weighted by Crippen LogP contribution is -2.53. The molecule has 0 heterocycles. The zero-order valence-corrected chi connectivity index (χ0v) is 17.3. The van der Waals surface area contributed by atoms with Gasteiger partial charge in [0.25, 0.3) is 0 Å². The maximum Gasteiger partial charge on any atom is 0.0882 e. The molecule has 0 saturated heterocycles. The van der Waals surface area contributed by atoms with Crippen LogP contribution in [0.3, 0.4) is 0 Å². The summed E-state index contributed by atoms with van der Waals surface area (Å²) in [5.41, 5.74) is 6.50. The number of fused-ring (bicyclic) bond motifs is 5. The molecule has 4 fully saturated rings. The number of rotatable bonds is 4. The first-order valence-corrected chi connectivity index (χ1v) is 11.4.